The predicted molar refractivity (Wildman–Crippen MR) is 94.3 cm³/mol. The van der Waals surface area contributed by atoms with Crippen LogP contribution in [0.2, 0.25) is 0 Å². The van der Waals surface area contributed by atoms with E-state index in [1.807, 2.05) is 30.5 Å². The lowest BCUT2D eigenvalue weighted by molar-refractivity contribution is 0.0198. The zero-order valence-electron chi connectivity index (χ0n) is 13.5. The van der Waals surface area contributed by atoms with E-state index in [0.29, 0.717) is 6.04 Å². The molecule has 1 fully saturated rings. The fraction of sp³-hybridized carbons (Fsp3) is 0.389. The Morgan fingerprint density at radius 2 is 1.91 bits per heavy atom. The summed E-state index contributed by atoms with van der Waals surface area (Å²) in [5, 5.41) is 4.91. The van der Waals surface area contributed by atoms with E-state index in [4.69, 9.17) is 4.74 Å². The fourth-order valence-corrected chi connectivity index (χ4v) is 3.63. The van der Waals surface area contributed by atoms with Crippen LogP contribution in [0.25, 0.3) is 0 Å². The number of thiophene rings is 1. The maximum absolute atomic E-state index is 12.2. The van der Waals surface area contributed by atoms with E-state index in [-0.39, 0.29) is 5.91 Å². The highest BCUT2D eigenvalue weighted by Gasteiger charge is 2.18. The van der Waals surface area contributed by atoms with Gasteiger partial charge in [0.15, 0.2) is 0 Å². The minimum atomic E-state index is -0.0357. The van der Waals surface area contributed by atoms with Crippen LogP contribution in [-0.4, -0.2) is 37.1 Å². The van der Waals surface area contributed by atoms with Crippen molar-refractivity contribution in [3.05, 3.63) is 51.7 Å². The lowest BCUT2D eigenvalue weighted by Gasteiger charge is -2.32. The van der Waals surface area contributed by atoms with Crippen LogP contribution in [-0.2, 0) is 4.74 Å². The highest BCUT2D eigenvalue weighted by Crippen LogP contribution is 2.23. The molecule has 1 aromatic carbocycles. The number of anilines is 1. The lowest BCUT2D eigenvalue weighted by atomic mass is 10.1. The molecule has 2 aromatic rings. The summed E-state index contributed by atoms with van der Waals surface area (Å²) in [5.41, 5.74) is 3.11. The van der Waals surface area contributed by atoms with E-state index < -0.39 is 0 Å². The number of ether oxygens (including phenoxy) is 1. The van der Waals surface area contributed by atoms with Crippen molar-refractivity contribution in [2.75, 3.05) is 31.6 Å². The van der Waals surface area contributed by atoms with E-state index in [9.17, 15) is 4.79 Å². The van der Waals surface area contributed by atoms with Crippen molar-refractivity contribution < 1.29 is 9.53 Å². The van der Waals surface area contributed by atoms with E-state index in [0.717, 1.165) is 42.4 Å². The summed E-state index contributed by atoms with van der Waals surface area (Å²) in [6.45, 7) is 7.72. The van der Waals surface area contributed by atoms with Gasteiger partial charge in [-0.1, -0.05) is 12.1 Å². The molecule has 1 N–H and O–H groups in total. The third-order valence-electron chi connectivity index (χ3n) is 4.31. The van der Waals surface area contributed by atoms with Gasteiger partial charge in [0.25, 0.3) is 5.91 Å². The molecule has 0 radical (unpaired) electrons. The largest absolute Gasteiger partial charge is 0.379 e. The number of hydrogen-bond donors (Lipinski definition) is 1. The molecule has 5 heteroatoms. The van der Waals surface area contributed by atoms with Crippen molar-refractivity contribution in [1.82, 2.24) is 4.90 Å². The van der Waals surface area contributed by atoms with E-state index >= 15 is 0 Å². The number of benzene rings is 1. The van der Waals surface area contributed by atoms with Crippen LogP contribution in [0.4, 0.5) is 5.69 Å². The Hall–Kier alpha value is -1.69. The summed E-state index contributed by atoms with van der Waals surface area (Å²) < 4.78 is 5.41. The second-order valence-electron chi connectivity index (χ2n) is 5.83. The van der Waals surface area contributed by atoms with Gasteiger partial charge in [0, 0.05) is 24.8 Å². The molecular formula is C18H22N2O2S. The molecule has 4 nitrogen and oxygen atoms in total. The standard InChI is InChI=1S/C18H22N2O2S/c1-13-7-12-23-17(13)18(21)19-16-5-3-15(4-6-16)14(2)20-8-10-22-11-9-20/h3-7,12,14H,8-11H2,1-2H3,(H,19,21)/t14-/m0/s1. The second kappa shape index (κ2) is 7.25. The molecular weight excluding hydrogens is 308 g/mol. The Morgan fingerprint density at radius 3 is 2.52 bits per heavy atom. The van der Waals surface area contributed by atoms with Crippen molar-refractivity contribution in [2.24, 2.45) is 0 Å². The molecule has 0 unspecified atom stereocenters. The molecule has 0 saturated carbocycles. The minimum absolute atomic E-state index is 0.0357. The summed E-state index contributed by atoms with van der Waals surface area (Å²) in [5.74, 6) is -0.0357. The predicted octanol–water partition coefficient (Wildman–Crippen LogP) is 3.70. The summed E-state index contributed by atoms with van der Waals surface area (Å²) in [4.78, 5) is 15.4. The van der Waals surface area contributed by atoms with Gasteiger partial charge in [-0.2, -0.15) is 0 Å². The molecule has 3 rings (SSSR count). The number of nitrogens with zero attached hydrogens (tertiary/aromatic N) is 1. The average Bonchev–Trinajstić information content (AvgIpc) is 3.02. The maximum atomic E-state index is 12.2. The highest BCUT2D eigenvalue weighted by atomic mass is 32.1. The first-order valence-electron chi connectivity index (χ1n) is 7.92. The second-order valence-corrected chi connectivity index (χ2v) is 6.75. The van der Waals surface area contributed by atoms with Gasteiger partial charge in [0.05, 0.1) is 18.1 Å². The number of aryl methyl sites for hydroxylation is 1. The molecule has 0 spiro atoms. The van der Waals surface area contributed by atoms with Crippen LogP contribution in [0.15, 0.2) is 35.7 Å². The Balaban J connectivity index is 1.65. The fourth-order valence-electron chi connectivity index (χ4n) is 2.81. The quantitative estimate of drug-likeness (QED) is 0.929. The van der Waals surface area contributed by atoms with E-state index in [1.54, 1.807) is 0 Å². The Kier molecular flexibility index (Phi) is 5.10. The van der Waals surface area contributed by atoms with Crippen LogP contribution in [0, 0.1) is 6.92 Å². The number of carbonyl (C=O) groups excluding carboxylic acids is 1. The van der Waals surface area contributed by atoms with Crippen molar-refractivity contribution in [1.29, 1.82) is 0 Å². The van der Waals surface area contributed by atoms with Crippen molar-refractivity contribution in [2.45, 2.75) is 19.9 Å². The van der Waals surface area contributed by atoms with E-state index in [2.05, 4.69) is 29.3 Å². The molecule has 23 heavy (non-hydrogen) atoms. The molecule has 1 aliphatic heterocycles. The van der Waals surface area contributed by atoms with Crippen LogP contribution in [0.1, 0.15) is 33.8 Å². The molecule has 2 heterocycles. The Morgan fingerprint density at radius 1 is 1.22 bits per heavy atom. The lowest BCUT2D eigenvalue weighted by Crippen LogP contribution is -2.37. The number of nitrogens with one attached hydrogen (secondary N) is 1. The van der Waals surface area contributed by atoms with Gasteiger partial charge in [-0.3, -0.25) is 9.69 Å². The summed E-state index contributed by atoms with van der Waals surface area (Å²) >= 11 is 1.47. The summed E-state index contributed by atoms with van der Waals surface area (Å²) in [6, 6.07) is 10.5. The van der Waals surface area contributed by atoms with Gasteiger partial charge in [-0.25, -0.2) is 0 Å². The first-order chi connectivity index (χ1) is 11.1. The molecule has 0 aliphatic carbocycles. The molecule has 1 aromatic heterocycles. The molecule has 1 amide bonds. The third kappa shape index (κ3) is 3.80. The number of rotatable bonds is 4. The molecule has 0 bridgehead atoms. The van der Waals surface area contributed by atoms with Gasteiger partial charge in [0.2, 0.25) is 0 Å². The first kappa shape index (κ1) is 16.2. The average molecular weight is 330 g/mol. The Labute approximate surface area is 141 Å². The molecule has 1 saturated heterocycles. The summed E-state index contributed by atoms with van der Waals surface area (Å²) in [7, 11) is 0. The molecule has 122 valence electrons. The highest BCUT2D eigenvalue weighted by molar-refractivity contribution is 7.12. The van der Waals surface area contributed by atoms with E-state index in [1.165, 1.54) is 16.9 Å². The van der Waals surface area contributed by atoms with Crippen LogP contribution >= 0.6 is 11.3 Å². The normalized spacial score (nSPS) is 17.0. The number of hydrogen-bond acceptors (Lipinski definition) is 4. The van der Waals surface area contributed by atoms with Crippen LogP contribution in [0.3, 0.4) is 0 Å². The topological polar surface area (TPSA) is 41.6 Å². The van der Waals surface area contributed by atoms with Gasteiger partial charge >= 0.3 is 0 Å². The monoisotopic (exact) mass is 330 g/mol. The smallest absolute Gasteiger partial charge is 0.265 e. The van der Waals surface area contributed by atoms with Gasteiger partial charge in [-0.15, -0.1) is 11.3 Å². The van der Waals surface area contributed by atoms with Crippen molar-refractivity contribution in [3.8, 4) is 0 Å². The zero-order chi connectivity index (χ0) is 16.2. The van der Waals surface area contributed by atoms with Gasteiger partial charge in [0.1, 0.15) is 0 Å². The summed E-state index contributed by atoms with van der Waals surface area (Å²) in [6.07, 6.45) is 0. The van der Waals surface area contributed by atoms with Gasteiger partial charge < -0.3 is 10.1 Å². The first-order valence-corrected chi connectivity index (χ1v) is 8.80. The van der Waals surface area contributed by atoms with Crippen molar-refractivity contribution in [3.63, 3.8) is 0 Å². The third-order valence-corrected chi connectivity index (χ3v) is 5.33. The van der Waals surface area contributed by atoms with Gasteiger partial charge in [-0.05, 0) is 48.6 Å². The number of carbonyl (C=O) groups is 1. The number of morpholine rings is 1. The Bertz CT molecular complexity index is 660. The van der Waals surface area contributed by atoms with Crippen LogP contribution in [0.5, 0.6) is 0 Å². The SMILES string of the molecule is Cc1ccsc1C(=O)Nc1ccc([C@H](C)N2CCOCC2)cc1. The number of amides is 1. The molecule has 1 aliphatic rings. The minimum Gasteiger partial charge on any atom is -0.379 e. The van der Waals surface area contributed by atoms with Crippen LogP contribution < -0.4 is 5.32 Å². The maximum Gasteiger partial charge on any atom is 0.265 e. The molecule has 1 atom stereocenters. The zero-order valence-corrected chi connectivity index (χ0v) is 14.4. The van der Waals surface area contributed by atoms with Crippen molar-refractivity contribution >= 4 is 22.9 Å².